The first-order chi connectivity index (χ1) is 13.0. The third-order valence-electron chi connectivity index (χ3n) is 4.63. The Hall–Kier alpha value is -2.89. The first-order valence-electron chi connectivity index (χ1n) is 8.96. The summed E-state index contributed by atoms with van der Waals surface area (Å²) in [6.07, 6.45) is 0.855. The maximum absolute atomic E-state index is 12.7. The summed E-state index contributed by atoms with van der Waals surface area (Å²) in [4.78, 5) is 12.7. The lowest BCUT2D eigenvalue weighted by molar-refractivity contribution is 0.0939. The van der Waals surface area contributed by atoms with Gasteiger partial charge in [0.15, 0.2) is 11.5 Å². The Morgan fingerprint density at radius 3 is 2.30 bits per heavy atom. The number of ether oxygens (including phenoxy) is 4. The fraction of sp³-hybridized carbons (Fsp3) is 0.381. The number of hydrogen-bond acceptors (Lipinski definition) is 5. The molecule has 0 bridgehead atoms. The second-order valence-electron chi connectivity index (χ2n) is 6.46. The highest BCUT2D eigenvalue weighted by molar-refractivity contribution is 5.95. The first kappa shape index (κ1) is 18.9. The molecule has 0 fully saturated rings. The van der Waals surface area contributed by atoms with E-state index in [2.05, 4.69) is 5.32 Å². The van der Waals surface area contributed by atoms with Gasteiger partial charge in [-0.3, -0.25) is 4.79 Å². The number of rotatable bonds is 5. The molecule has 0 saturated heterocycles. The maximum atomic E-state index is 12.7. The van der Waals surface area contributed by atoms with Crippen LogP contribution in [0.2, 0.25) is 0 Å². The molecule has 2 aromatic rings. The lowest BCUT2D eigenvalue weighted by Crippen LogP contribution is -2.26. The van der Waals surface area contributed by atoms with E-state index in [9.17, 15) is 4.79 Å². The Labute approximate surface area is 159 Å². The molecule has 0 radical (unpaired) electrons. The van der Waals surface area contributed by atoms with Gasteiger partial charge in [-0.15, -0.1) is 0 Å². The number of benzene rings is 2. The van der Waals surface area contributed by atoms with E-state index in [0.717, 1.165) is 23.3 Å². The molecule has 1 heterocycles. The van der Waals surface area contributed by atoms with E-state index < -0.39 is 0 Å². The summed E-state index contributed by atoms with van der Waals surface area (Å²) < 4.78 is 22.1. The molecule has 1 unspecified atom stereocenters. The van der Waals surface area contributed by atoms with Crippen molar-refractivity contribution in [2.75, 3.05) is 27.4 Å². The SMILES string of the molecule is COc1cc(C(=O)NC(C)c2ccc3c(c2)OCCCO3)cc(OC)c1C. The summed E-state index contributed by atoms with van der Waals surface area (Å²) in [6.45, 7) is 5.09. The highest BCUT2D eigenvalue weighted by atomic mass is 16.5. The summed E-state index contributed by atoms with van der Waals surface area (Å²) in [5.41, 5.74) is 2.28. The topological polar surface area (TPSA) is 66.0 Å². The van der Waals surface area contributed by atoms with Crippen LogP contribution in [0.25, 0.3) is 0 Å². The molecular formula is C21H25NO5. The minimum absolute atomic E-state index is 0.201. The molecule has 0 aliphatic carbocycles. The number of amides is 1. The largest absolute Gasteiger partial charge is 0.496 e. The number of methoxy groups -OCH3 is 2. The fourth-order valence-corrected chi connectivity index (χ4v) is 3.03. The normalized spacial score (nSPS) is 14.1. The van der Waals surface area contributed by atoms with Crippen molar-refractivity contribution in [2.45, 2.75) is 26.3 Å². The number of carbonyl (C=O) groups is 1. The van der Waals surface area contributed by atoms with Crippen molar-refractivity contribution in [3.05, 3.63) is 47.0 Å². The van der Waals surface area contributed by atoms with Gasteiger partial charge >= 0.3 is 0 Å². The van der Waals surface area contributed by atoms with Crippen LogP contribution in [0.15, 0.2) is 30.3 Å². The van der Waals surface area contributed by atoms with Crippen LogP contribution in [-0.2, 0) is 0 Å². The predicted octanol–water partition coefficient (Wildman–Crippen LogP) is 3.66. The van der Waals surface area contributed by atoms with E-state index in [1.807, 2.05) is 32.0 Å². The van der Waals surface area contributed by atoms with Gasteiger partial charge in [0, 0.05) is 17.5 Å². The molecule has 6 nitrogen and oxygen atoms in total. The van der Waals surface area contributed by atoms with E-state index >= 15 is 0 Å². The average Bonchev–Trinajstić information content (AvgIpc) is 2.92. The molecule has 3 rings (SSSR count). The van der Waals surface area contributed by atoms with Crippen molar-refractivity contribution in [3.8, 4) is 23.0 Å². The van der Waals surface area contributed by atoms with E-state index in [1.165, 1.54) is 0 Å². The molecular weight excluding hydrogens is 346 g/mol. The molecule has 0 aromatic heterocycles. The molecule has 0 spiro atoms. The molecule has 144 valence electrons. The van der Waals surface area contributed by atoms with Crippen LogP contribution >= 0.6 is 0 Å². The second-order valence-corrected chi connectivity index (χ2v) is 6.46. The highest BCUT2D eigenvalue weighted by Gasteiger charge is 2.18. The van der Waals surface area contributed by atoms with Gasteiger partial charge in [-0.25, -0.2) is 0 Å². The monoisotopic (exact) mass is 371 g/mol. The van der Waals surface area contributed by atoms with E-state index in [1.54, 1.807) is 26.4 Å². The predicted molar refractivity (Wildman–Crippen MR) is 102 cm³/mol. The molecule has 1 N–H and O–H groups in total. The number of nitrogens with one attached hydrogen (secondary N) is 1. The Bertz CT molecular complexity index is 808. The maximum Gasteiger partial charge on any atom is 0.252 e. The van der Waals surface area contributed by atoms with Crippen molar-refractivity contribution in [2.24, 2.45) is 0 Å². The Balaban J connectivity index is 1.79. The molecule has 6 heteroatoms. The quantitative estimate of drug-likeness (QED) is 0.869. The Morgan fingerprint density at radius 2 is 1.67 bits per heavy atom. The van der Waals surface area contributed by atoms with Crippen LogP contribution in [0.5, 0.6) is 23.0 Å². The van der Waals surface area contributed by atoms with E-state index in [4.69, 9.17) is 18.9 Å². The van der Waals surface area contributed by atoms with E-state index in [0.29, 0.717) is 36.0 Å². The summed E-state index contributed by atoms with van der Waals surface area (Å²) in [5, 5.41) is 3.01. The smallest absolute Gasteiger partial charge is 0.252 e. The summed E-state index contributed by atoms with van der Waals surface area (Å²) in [5.74, 6) is 2.48. The summed E-state index contributed by atoms with van der Waals surface area (Å²) >= 11 is 0. The lowest BCUT2D eigenvalue weighted by atomic mass is 10.1. The van der Waals surface area contributed by atoms with Gasteiger partial charge in [0.2, 0.25) is 0 Å². The van der Waals surface area contributed by atoms with Gasteiger partial charge in [-0.1, -0.05) is 6.07 Å². The Morgan fingerprint density at radius 1 is 1.04 bits per heavy atom. The molecule has 1 aliphatic heterocycles. The molecule has 1 amide bonds. The molecule has 0 saturated carbocycles. The second kappa shape index (κ2) is 8.20. The van der Waals surface area contributed by atoms with Gasteiger partial charge in [0.05, 0.1) is 33.5 Å². The zero-order valence-electron chi connectivity index (χ0n) is 16.1. The first-order valence-corrected chi connectivity index (χ1v) is 8.96. The van der Waals surface area contributed by atoms with Crippen LogP contribution in [0.3, 0.4) is 0 Å². The van der Waals surface area contributed by atoms with Crippen LogP contribution < -0.4 is 24.3 Å². The van der Waals surface area contributed by atoms with Gasteiger partial charge in [0.25, 0.3) is 5.91 Å². The van der Waals surface area contributed by atoms with Crippen molar-refractivity contribution < 1.29 is 23.7 Å². The van der Waals surface area contributed by atoms with Gasteiger partial charge < -0.3 is 24.3 Å². The number of fused-ring (bicyclic) bond motifs is 1. The van der Waals surface area contributed by atoms with Crippen LogP contribution in [0, 0.1) is 6.92 Å². The van der Waals surface area contributed by atoms with Crippen molar-refractivity contribution in [1.29, 1.82) is 0 Å². The van der Waals surface area contributed by atoms with Crippen LogP contribution in [0.1, 0.15) is 40.9 Å². The molecule has 2 aromatic carbocycles. The van der Waals surface area contributed by atoms with Gasteiger partial charge in [0.1, 0.15) is 11.5 Å². The standard InChI is InChI=1S/C21H25NO5/c1-13-18(24-3)11-16(12-19(13)25-4)21(23)22-14(2)15-6-7-17-20(10-15)27-9-5-8-26-17/h6-7,10-12,14H,5,8-9H2,1-4H3,(H,22,23). The summed E-state index contributed by atoms with van der Waals surface area (Å²) in [6, 6.07) is 8.97. The lowest BCUT2D eigenvalue weighted by Gasteiger charge is -2.18. The van der Waals surface area contributed by atoms with Crippen molar-refractivity contribution >= 4 is 5.91 Å². The molecule has 27 heavy (non-hydrogen) atoms. The highest BCUT2D eigenvalue weighted by Crippen LogP contribution is 2.33. The van der Waals surface area contributed by atoms with Crippen LogP contribution in [0.4, 0.5) is 0 Å². The van der Waals surface area contributed by atoms with Crippen LogP contribution in [-0.4, -0.2) is 33.3 Å². The van der Waals surface area contributed by atoms with Crippen molar-refractivity contribution in [3.63, 3.8) is 0 Å². The third kappa shape index (κ3) is 4.10. The fourth-order valence-electron chi connectivity index (χ4n) is 3.03. The van der Waals surface area contributed by atoms with Gasteiger partial charge in [-0.05, 0) is 43.7 Å². The average molecular weight is 371 g/mol. The Kier molecular flexibility index (Phi) is 5.74. The third-order valence-corrected chi connectivity index (χ3v) is 4.63. The minimum atomic E-state index is -0.203. The zero-order valence-corrected chi connectivity index (χ0v) is 16.1. The minimum Gasteiger partial charge on any atom is -0.496 e. The van der Waals surface area contributed by atoms with E-state index in [-0.39, 0.29) is 11.9 Å². The van der Waals surface area contributed by atoms with Gasteiger partial charge in [-0.2, -0.15) is 0 Å². The molecule has 1 aliphatic rings. The zero-order chi connectivity index (χ0) is 19.4. The molecule has 1 atom stereocenters. The number of hydrogen-bond donors (Lipinski definition) is 1. The summed E-state index contributed by atoms with van der Waals surface area (Å²) in [7, 11) is 3.15. The number of carbonyl (C=O) groups excluding carboxylic acids is 1. The van der Waals surface area contributed by atoms with Crippen molar-refractivity contribution in [1.82, 2.24) is 5.32 Å².